The molecule has 0 aliphatic rings. The number of halogens is 1. The molecular formula is C9H13F. The number of allylic oxidation sites excluding steroid dienone is 5. The van der Waals surface area contributed by atoms with E-state index >= 15 is 0 Å². The van der Waals surface area contributed by atoms with Crippen molar-refractivity contribution in [3.63, 3.8) is 0 Å². The van der Waals surface area contributed by atoms with Gasteiger partial charge in [0.1, 0.15) is 5.83 Å². The summed E-state index contributed by atoms with van der Waals surface area (Å²) in [5, 5.41) is 0. The van der Waals surface area contributed by atoms with Gasteiger partial charge < -0.3 is 0 Å². The van der Waals surface area contributed by atoms with E-state index < -0.39 is 0 Å². The molecule has 0 aromatic rings. The van der Waals surface area contributed by atoms with E-state index in [-0.39, 0.29) is 5.83 Å². The Hall–Kier alpha value is -0.850. The Bertz CT molecular complexity index is 185. The van der Waals surface area contributed by atoms with Crippen LogP contribution in [0.1, 0.15) is 20.8 Å². The smallest absolute Gasteiger partial charge is 0.126 e. The fourth-order valence-corrected chi connectivity index (χ4v) is 0.475. The average Bonchev–Trinajstić information content (AvgIpc) is 1.87. The van der Waals surface area contributed by atoms with E-state index in [1.54, 1.807) is 26.8 Å². The van der Waals surface area contributed by atoms with Gasteiger partial charge >= 0.3 is 0 Å². The van der Waals surface area contributed by atoms with E-state index in [2.05, 4.69) is 6.58 Å². The van der Waals surface area contributed by atoms with E-state index in [9.17, 15) is 4.39 Å². The van der Waals surface area contributed by atoms with Crippen molar-refractivity contribution in [1.82, 2.24) is 0 Å². The van der Waals surface area contributed by atoms with E-state index in [1.165, 1.54) is 6.08 Å². The number of hydrogen-bond acceptors (Lipinski definition) is 0. The van der Waals surface area contributed by atoms with Crippen LogP contribution in [-0.4, -0.2) is 0 Å². The van der Waals surface area contributed by atoms with E-state index in [1.807, 2.05) is 0 Å². The van der Waals surface area contributed by atoms with Crippen molar-refractivity contribution in [2.24, 2.45) is 0 Å². The molecule has 0 unspecified atom stereocenters. The molecule has 1 heteroatoms. The molecular weight excluding hydrogens is 127 g/mol. The topological polar surface area (TPSA) is 0 Å². The van der Waals surface area contributed by atoms with Crippen LogP contribution in [0.25, 0.3) is 0 Å². The first kappa shape index (κ1) is 9.15. The summed E-state index contributed by atoms with van der Waals surface area (Å²) in [6.45, 7) is 8.92. The first-order valence-electron chi connectivity index (χ1n) is 3.24. The SMILES string of the molecule is C=C(C)C(C)=C(F)C=CC. The minimum absolute atomic E-state index is 0.199. The van der Waals surface area contributed by atoms with Gasteiger partial charge in [-0.2, -0.15) is 0 Å². The van der Waals surface area contributed by atoms with Crippen molar-refractivity contribution in [3.8, 4) is 0 Å². The molecule has 0 amide bonds. The Balaban J connectivity index is 4.50. The van der Waals surface area contributed by atoms with Crippen LogP contribution in [0, 0.1) is 0 Å². The lowest BCUT2D eigenvalue weighted by atomic mass is 10.1. The summed E-state index contributed by atoms with van der Waals surface area (Å²) >= 11 is 0. The Labute approximate surface area is 61.8 Å². The third-order valence-electron chi connectivity index (χ3n) is 1.31. The predicted octanol–water partition coefficient (Wildman–Crippen LogP) is 3.38. The summed E-state index contributed by atoms with van der Waals surface area (Å²) in [6.07, 6.45) is 3.10. The zero-order chi connectivity index (χ0) is 8.15. The third kappa shape index (κ3) is 2.62. The highest BCUT2D eigenvalue weighted by Gasteiger charge is 1.95. The van der Waals surface area contributed by atoms with E-state index in [4.69, 9.17) is 0 Å². The fourth-order valence-electron chi connectivity index (χ4n) is 0.475. The molecule has 0 aromatic heterocycles. The van der Waals surface area contributed by atoms with Gasteiger partial charge in [-0.25, -0.2) is 4.39 Å². The summed E-state index contributed by atoms with van der Waals surface area (Å²) in [7, 11) is 0. The van der Waals surface area contributed by atoms with Crippen LogP contribution in [-0.2, 0) is 0 Å². The summed E-state index contributed by atoms with van der Waals surface area (Å²) in [5.74, 6) is -0.199. The first-order valence-corrected chi connectivity index (χ1v) is 3.24. The van der Waals surface area contributed by atoms with E-state index in [0.717, 1.165) is 5.57 Å². The van der Waals surface area contributed by atoms with Crippen molar-refractivity contribution < 1.29 is 4.39 Å². The van der Waals surface area contributed by atoms with Gasteiger partial charge in [0.05, 0.1) is 0 Å². The summed E-state index contributed by atoms with van der Waals surface area (Å²) in [5.41, 5.74) is 1.40. The van der Waals surface area contributed by atoms with Crippen LogP contribution in [0.5, 0.6) is 0 Å². The molecule has 0 radical (unpaired) electrons. The monoisotopic (exact) mass is 140 g/mol. The lowest BCUT2D eigenvalue weighted by Gasteiger charge is -1.97. The Kier molecular flexibility index (Phi) is 3.70. The molecule has 0 spiro atoms. The Morgan fingerprint density at radius 2 is 1.90 bits per heavy atom. The Morgan fingerprint density at radius 1 is 1.40 bits per heavy atom. The quantitative estimate of drug-likeness (QED) is 0.516. The van der Waals surface area contributed by atoms with E-state index in [0.29, 0.717) is 5.57 Å². The molecule has 0 saturated carbocycles. The van der Waals surface area contributed by atoms with Gasteiger partial charge in [0, 0.05) is 0 Å². The van der Waals surface area contributed by atoms with Crippen LogP contribution in [0.15, 0.2) is 35.7 Å². The summed E-state index contributed by atoms with van der Waals surface area (Å²) < 4.78 is 12.8. The Morgan fingerprint density at radius 3 is 2.20 bits per heavy atom. The van der Waals surface area contributed by atoms with Gasteiger partial charge in [-0.15, -0.1) is 0 Å². The van der Waals surface area contributed by atoms with Crippen molar-refractivity contribution >= 4 is 0 Å². The fraction of sp³-hybridized carbons (Fsp3) is 0.333. The molecule has 0 atom stereocenters. The van der Waals surface area contributed by atoms with Gasteiger partial charge in [0.15, 0.2) is 0 Å². The molecule has 0 rings (SSSR count). The summed E-state index contributed by atoms with van der Waals surface area (Å²) in [4.78, 5) is 0. The molecule has 56 valence electrons. The highest BCUT2D eigenvalue weighted by atomic mass is 19.1. The lowest BCUT2D eigenvalue weighted by molar-refractivity contribution is 0.656. The van der Waals surface area contributed by atoms with Crippen molar-refractivity contribution in [2.45, 2.75) is 20.8 Å². The molecule has 0 heterocycles. The van der Waals surface area contributed by atoms with Crippen LogP contribution in [0.4, 0.5) is 4.39 Å². The zero-order valence-electron chi connectivity index (χ0n) is 6.74. The van der Waals surface area contributed by atoms with Crippen molar-refractivity contribution in [3.05, 3.63) is 35.7 Å². The second-order valence-electron chi connectivity index (χ2n) is 2.25. The van der Waals surface area contributed by atoms with Crippen LogP contribution in [0.3, 0.4) is 0 Å². The summed E-state index contributed by atoms with van der Waals surface area (Å²) in [6, 6.07) is 0. The zero-order valence-corrected chi connectivity index (χ0v) is 6.74. The minimum atomic E-state index is -0.199. The predicted molar refractivity (Wildman–Crippen MR) is 43.4 cm³/mol. The molecule has 10 heavy (non-hydrogen) atoms. The lowest BCUT2D eigenvalue weighted by Crippen LogP contribution is -1.79. The molecule has 0 saturated heterocycles. The minimum Gasteiger partial charge on any atom is -0.207 e. The molecule has 0 aromatic carbocycles. The molecule has 0 fully saturated rings. The molecule has 0 bridgehead atoms. The van der Waals surface area contributed by atoms with Crippen LogP contribution in [0.2, 0.25) is 0 Å². The third-order valence-corrected chi connectivity index (χ3v) is 1.31. The molecule has 0 nitrogen and oxygen atoms in total. The maximum Gasteiger partial charge on any atom is 0.126 e. The van der Waals surface area contributed by atoms with Gasteiger partial charge in [0.2, 0.25) is 0 Å². The van der Waals surface area contributed by atoms with Gasteiger partial charge in [0.25, 0.3) is 0 Å². The second kappa shape index (κ2) is 4.04. The van der Waals surface area contributed by atoms with Gasteiger partial charge in [-0.3, -0.25) is 0 Å². The van der Waals surface area contributed by atoms with Crippen molar-refractivity contribution in [1.29, 1.82) is 0 Å². The van der Waals surface area contributed by atoms with Crippen LogP contribution < -0.4 is 0 Å². The van der Waals surface area contributed by atoms with Crippen LogP contribution >= 0.6 is 0 Å². The number of hydrogen-bond donors (Lipinski definition) is 0. The maximum atomic E-state index is 12.8. The van der Waals surface area contributed by atoms with Gasteiger partial charge in [-0.1, -0.05) is 18.2 Å². The second-order valence-corrected chi connectivity index (χ2v) is 2.25. The normalized spacial score (nSPS) is 13.6. The van der Waals surface area contributed by atoms with Crippen molar-refractivity contribution in [2.75, 3.05) is 0 Å². The molecule has 0 N–H and O–H groups in total. The highest BCUT2D eigenvalue weighted by molar-refractivity contribution is 5.31. The first-order chi connectivity index (χ1) is 4.59. The molecule has 0 aliphatic heterocycles. The molecule has 0 aliphatic carbocycles. The maximum absolute atomic E-state index is 12.8. The number of rotatable bonds is 2. The van der Waals surface area contributed by atoms with Gasteiger partial charge in [-0.05, 0) is 32.4 Å². The largest absolute Gasteiger partial charge is 0.207 e. The average molecular weight is 140 g/mol. The standard InChI is InChI=1S/C9H13F/c1-5-6-9(10)8(4)7(2)3/h5-6H,2H2,1,3-4H3. The highest BCUT2D eigenvalue weighted by Crippen LogP contribution is 2.13.